The van der Waals surface area contributed by atoms with Crippen molar-refractivity contribution in [2.75, 3.05) is 12.8 Å². The second kappa shape index (κ2) is 5.53. The quantitative estimate of drug-likeness (QED) is 0.746. The summed E-state index contributed by atoms with van der Waals surface area (Å²) in [5.74, 6) is 1.68. The fraction of sp³-hybridized carbons (Fsp3) is 0.214. The van der Waals surface area contributed by atoms with E-state index < -0.39 is 0 Å². The van der Waals surface area contributed by atoms with Crippen LogP contribution in [0, 0.1) is 6.92 Å². The van der Waals surface area contributed by atoms with Gasteiger partial charge in [-0.1, -0.05) is 5.16 Å². The number of benzene rings is 1. The van der Waals surface area contributed by atoms with Crippen molar-refractivity contribution in [3.63, 3.8) is 0 Å². The number of rotatable bonds is 4. The lowest BCUT2D eigenvalue weighted by Gasteiger charge is -2.03. The van der Waals surface area contributed by atoms with E-state index in [0.29, 0.717) is 35.1 Å². The Bertz CT molecular complexity index is 766. The first-order valence-electron chi connectivity index (χ1n) is 6.33. The van der Waals surface area contributed by atoms with Gasteiger partial charge in [0.25, 0.3) is 5.89 Å². The average Bonchev–Trinajstić information content (AvgIpc) is 3.08. The normalized spacial score (nSPS) is 10.8. The Labute approximate surface area is 125 Å². The fourth-order valence-corrected chi connectivity index (χ4v) is 2.56. The minimum atomic E-state index is 0.400. The number of hydrogen-bond donors (Lipinski definition) is 1. The maximum Gasteiger partial charge on any atom is 0.260 e. The highest BCUT2D eigenvalue weighted by Gasteiger charge is 2.13. The molecule has 2 aromatic heterocycles. The molecule has 0 amide bonds. The van der Waals surface area contributed by atoms with E-state index in [0.717, 1.165) is 10.7 Å². The van der Waals surface area contributed by atoms with Crippen LogP contribution in [0.2, 0.25) is 0 Å². The van der Waals surface area contributed by atoms with Gasteiger partial charge in [-0.15, -0.1) is 11.3 Å². The number of hydrogen-bond acceptors (Lipinski definition) is 7. The van der Waals surface area contributed by atoms with E-state index in [2.05, 4.69) is 15.1 Å². The van der Waals surface area contributed by atoms with Gasteiger partial charge < -0.3 is 15.0 Å². The summed E-state index contributed by atoms with van der Waals surface area (Å²) in [5, 5.41) is 6.99. The minimum Gasteiger partial charge on any atom is -0.497 e. The topological polar surface area (TPSA) is 87.1 Å². The Morgan fingerprint density at radius 1 is 1.33 bits per heavy atom. The summed E-state index contributed by atoms with van der Waals surface area (Å²) >= 11 is 1.60. The smallest absolute Gasteiger partial charge is 0.260 e. The van der Waals surface area contributed by atoms with Crippen LogP contribution in [0.3, 0.4) is 0 Å². The molecule has 0 aliphatic rings. The largest absolute Gasteiger partial charge is 0.497 e. The predicted octanol–water partition coefficient (Wildman–Crippen LogP) is 2.68. The summed E-state index contributed by atoms with van der Waals surface area (Å²) in [7, 11) is 1.59. The van der Waals surface area contributed by atoms with Crippen LogP contribution in [0.4, 0.5) is 5.69 Å². The highest BCUT2D eigenvalue weighted by molar-refractivity contribution is 7.09. The SMILES string of the molecule is COc1ccc(-c2nc(Cc3csc(C)n3)no2)c(N)c1. The first-order chi connectivity index (χ1) is 10.2. The zero-order valence-corrected chi connectivity index (χ0v) is 12.5. The van der Waals surface area contributed by atoms with Crippen LogP contribution in [0.5, 0.6) is 5.75 Å². The van der Waals surface area contributed by atoms with Gasteiger partial charge in [0.05, 0.1) is 29.8 Å². The van der Waals surface area contributed by atoms with Crippen LogP contribution in [-0.4, -0.2) is 22.2 Å². The van der Waals surface area contributed by atoms with Gasteiger partial charge in [-0.2, -0.15) is 4.98 Å². The van der Waals surface area contributed by atoms with Crippen LogP contribution >= 0.6 is 11.3 Å². The molecule has 0 aliphatic heterocycles. The molecular formula is C14H14N4O2S. The molecular weight excluding hydrogens is 288 g/mol. The van der Waals surface area contributed by atoms with Crippen molar-refractivity contribution in [1.82, 2.24) is 15.1 Å². The molecule has 0 saturated heterocycles. The molecule has 21 heavy (non-hydrogen) atoms. The maximum atomic E-state index is 5.98. The van der Waals surface area contributed by atoms with Crippen molar-refractivity contribution >= 4 is 17.0 Å². The number of anilines is 1. The molecule has 7 heteroatoms. The monoisotopic (exact) mass is 302 g/mol. The van der Waals surface area contributed by atoms with E-state index in [-0.39, 0.29) is 0 Å². The summed E-state index contributed by atoms with van der Waals surface area (Å²) in [6.07, 6.45) is 0.546. The van der Waals surface area contributed by atoms with Crippen molar-refractivity contribution in [3.05, 3.63) is 40.1 Å². The fourth-order valence-electron chi connectivity index (χ4n) is 1.95. The van der Waals surface area contributed by atoms with E-state index in [1.807, 2.05) is 12.3 Å². The van der Waals surface area contributed by atoms with E-state index in [9.17, 15) is 0 Å². The summed E-state index contributed by atoms with van der Waals surface area (Å²) in [6, 6.07) is 5.33. The van der Waals surface area contributed by atoms with Gasteiger partial charge >= 0.3 is 0 Å². The second-order valence-electron chi connectivity index (χ2n) is 4.50. The van der Waals surface area contributed by atoms with E-state index in [1.54, 1.807) is 36.6 Å². The third kappa shape index (κ3) is 2.87. The van der Waals surface area contributed by atoms with Crippen molar-refractivity contribution < 1.29 is 9.26 Å². The molecule has 0 unspecified atom stereocenters. The maximum absolute atomic E-state index is 5.98. The van der Waals surface area contributed by atoms with Crippen LogP contribution in [0.15, 0.2) is 28.1 Å². The summed E-state index contributed by atoms with van der Waals surface area (Å²) in [4.78, 5) is 8.75. The second-order valence-corrected chi connectivity index (χ2v) is 5.57. The molecule has 0 spiro atoms. The molecule has 3 rings (SSSR count). The van der Waals surface area contributed by atoms with Gasteiger partial charge in [0.2, 0.25) is 0 Å². The number of aryl methyl sites for hydroxylation is 1. The van der Waals surface area contributed by atoms with E-state index in [1.165, 1.54) is 0 Å². The summed E-state index contributed by atoms with van der Waals surface area (Å²) < 4.78 is 10.4. The molecule has 0 bridgehead atoms. The Kier molecular flexibility index (Phi) is 3.57. The Hall–Kier alpha value is -2.41. The highest BCUT2D eigenvalue weighted by atomic mass is 32.1. The van der Waals surface area contributed by atoms with Crippen LogP contribution in [0.1, 0.15) is 16.5 Å². The number of methoxy groups -OCH3 is 1. The summed E-state index contributed by atoms with van der Waals surface area (Å²) in [6.45, 7) is 1.97. The number of ether oxygens (including phenoxy) is 1. The molecule has 2 N–H and O–H groups in total. The number of nitrogen functional groups attached to an aromatic ring is 1. The van der Waals surface area contributed by atoms with Gasteiger partial charge in [-0.25, -0.2) is 4.98 Å². The van der Waals surface area contributed by atoms with E-state index >= 15 is 0 Å². The van der Waals surface area contributed by atoms with E-state index in [4.69, 9.17) is 15.0 Å². The van der Waals surface area contributed by atoms with Crippen LogP contribution < -0.4 is 10.5 Å². The molecule has 2 heterocycles. The first kappa shape index (κ1) is 13.6. The van der Waals surface area contributed by atoms with Gasteiger partial charge in [0.15, 0.2) is 5.82 Å². The molecule has 1 aromatic carbocycles. The lowest BCUT2D eigenvalue weighted by Crippen LogP contribution is -1.93. The number of aromatic nitrogens is 3. The molecule has 0 saturated carbocycles. The first-order valence-corrected chi connectivity index (χ1v) is 7.21. The van der Waals surface area contributed by atoms with Crippen LogP contribution in [0.25, 0.3) is 11.5 Å². The third-order valence-corrected chi connectivity index (χ3v) is 3.79. The predicted molar refractivity (Wildman–Crippen MR) is 80.4 cm³/mol. The summed E-state index contributed by atoms with van der Waals surface area (Å²) in [5.41, 5.74) is 8.15. The molecule has 0 aliphatic carbocycles. The Balaban J connectivity index is 1.84. The Morgan fingerprint density at radius 3 is 2.86 bits per heavy atom. The average molecular weight is 302 g/mol. The van der Waals surface area contributed by atoms with Crippen molar-refractivity contribution in [1.29, 1.82) is 0 Å². The van der Waals surface area contributed by atoms with Crippen LogP contribution in [-0.2, 0) is 6.42 Å². The van der Waals surface area contributed by atoms with Gasteiger partial charge in [-0.05, 0) is 19.1 Å². The highest BCUT2D eigenvalue weighted by Crippen LogP contribution is 2.28. The van der Waals surface area contributed by atoms with Gasteiger partial charge in [0, 0.05) is 17.1 Å². The van der Waals surface area contributed by atoms with Gasteiger partial charge in [-0.3, -0.25) is 0 Å². The third-order valence-electron chi connectivity index (χ3n) is 2.96. The van der Waals surface area contributed by atoms with Crippen molar-refractivity contribution in [2.45, 2.75) is 13.3 Å². The lowest BCUT2D eigenvalue weighted by molar-refractivity contribution is 0.414. The number of nitrogens with two attached hydrogens (primary N) is 1. The zero-order valence-electron chi connectivity index (χ0n) is 11.7. The minimum absolute atomic E-state index is 0.400. The molecule has 108 valence electrons. The Morgan fingerprint density at radius 2 is 2.19 bits per heavy atom. The molecule has 3 aromatic rings. The molecule has 0 atom stereocenters. The number of nitrogens with zero attached hydrogens (tertiary/aromatic N) is 3. The standard InChI is InChI=1S/C14H14N4O2S/c1-8-16-9(7-21-8)5-13-17-14(20-18-13)11-4-3-10(19-2)6-12(11)15/h3-4,6-7H,5,15H2,1-2H3. The van der Waals surface area contributed by atoms with Crippen molar-refractivity contribution in [3.8, 4) is 17.2 Å². The molecule has 6 nitrogen and oxygen atoms in total. The molecule has 0 radical (unpaired) electrons. The lowest BCUT2D eigenvalue weighted by atomic mass is 10.1. The molecule has 0 fully saturated rings. The van der Waals surface area contributed by atoms with Gasteiger partial charge in [0.1, 0.15) is 5.75 Å². The van der Waals surface area contributed by atoms with Crippen molar-refractivity contribution in [2.24, 2.45) is 0 Å². The number of thiazole rings is 1. The zero-order chi connectivity index (χ0) is 14.8.